The normalized spacial score (nSPS) is 25.7. The molecule has 1 aromatic rings. The van der Waals surface area contributed by atoms with Gasteiger partial charge in [0, 0.05) is 51.4 Å². The van der Waals surface area contributed by atoms with E-state index in [0.717, 1.165) is 69.7 Å². The van der Waals surface area contributed by atoms with Crippen LogP contribution < -0.4 is 10.2 Å². The third kappa shape index (κ3) is 3.63. The van der Waals surface area contributed by atoms with Gasteiger partial charge in [0.05, 0.1) is 18.4 Å². The molecule has 0 spiro atoms. The van der Waals surface area contributed by atoms with Crippen molar-refractivity contribution in [1.29, 1.82) is 0 Å². The highest BCUT2D eigenvalue weighted by Crippen LogP contribution is 2.28. The van der Waals surface area contributed by atoms with Crippen molar-refractivity contribution in [3.63, 3.8) is 0 Å². The van der Waals surface area contributed by atoms with Crippen molar-refractivity contribution in [1.82, 2.24) is 9.97 Å². The SMILES string of the molecule is OC1CN(c2nc(NCC3CCOCC3)cc([C@H]3CCOC3)n2)C1. The molecular weight excluding hydrogens is 308 g/mol. The number of nitrogens with one attached hydrogen (secondary N) is 1. The zero-order chi connectivity index (χ0) is 16.4. The summed E-state index contributed by atoms with van der Waals surface area (Å²) in [4.78, 5) is 11.4. The van der Waals surface area contributed by atoms with E-state index in [1.165, 1.54) is 0 Å². The fraction of sp³-hybridized carbons (Fsp3) is 0.765. The van der Waals surface area contributed by atoms with E-state index in [0.29, 0.717) is 24.9 Å². The van der Waals surface area contributed by atoms with Crippen LogP contribution in [0.5, 0.6) is 0 Å². The first-order valence-electron chi connectivity index (χ1n) is 8.99. The summed E-state index contributed by atoms with van der Waals surface area (Å²) in [5, 5.41) is 13.1. The molecule has 0 saturated carbocycles. The first-order chi connectivity index (χ1) is 11.8. The molecule has 0 aliphatic carbocycles. The van der Waals surface area contributed by atoms with Crippen LogP contribution in [0.1, 0.15) is 30.9 Å². The Kier molecular flexibility index (Phi) is 4.82. The van der Waals surface area contributed by atoms with Crippen LogP contribution in [0.2, 0.25) is 0 Å². The minimum absolute atomic E-state index is 0.259. The molecule has 0 radical (unpaired) electrons. The van der Waals surface area contributed by atoms with Crippen molar-refractivity contribution in [3.05, 3.63) is 11.8 Å². The van der Waals surface area contributed by atoms with Crippen LogP contribution in [0, 0.1) is 5.92 Å². The lowest BCUT2D eigenvalue weighted by Crippen LogP contribution is -2.51. The fourth-order valence-corrected chi connectivity index (χ4v) is 3.48. The molecule has 4 rings (SSSR count). The third-order valence-corrected chi connectivity index (χ3v) is 5.14. The molecule has 0 amide bonds. The van der Waals surface area contributed by atoms with Crippen molar-refractivity contribution in [2.75, 3.05) is 56.3 Å². The van der Waals surface area contributed by atoms with Gasteiger partial charge >= 0.3 is 0 Å². The molecule has 4 heterocycles. The molecule has 1 atom stereocenters. The van der Waals surface area contributed by atoms with E-state index in [1.54, 1.807) is 0 Å². The van der Waals surface area contributed by atoms with E-state index in [-0.39, 0.29) is 6.10 Å². The van der Waals surface area contributed by atoms with E-state index in [9.17, 15) is 5.11 Å². The Morgan fingerprint density at radius 1 is 1.12 bits per heavy atom. The monoisotopic (exact) mass is 334 g/mol. The smallest absolute Gasteiger partial charge is 0.227 e. The number of aliphatic hydroxyl groups is 1. The van der Waals surface area contributed by atoms with Crippen molar-refractivity contribution in [2.24, 2.45) is 5.92 Å². The van der Waals surface area contributed by atoms with Crippen molar-refractivity contribution in [2.45, 2.75) is 31.3 Å². The third-order valence-electron chi connectivity index (χ3n) is 5.14. The Hall–Kier alpha value is -1.44. The highest BCUT2D eigenvalue weighted by atomic mass is 16.5. The summed E-state index contributed by atoms with van der Waals surface area (Å²) in [5.41, 5.74) is 1.05. The summed E-state index contributed by atoms with van der Waals surface area (Å²) >= 11 is 0. The van der Waals surface area contributed by atoms with Crippen LogP contribution in [-0.4, -0.2) is 67.2 Å². The number of ether oxygens (including phenoxy) is 2. The average Bonchev–Trinajstić information content (AvgIpc) is 3.12. The highest BCUT2D eigenvalue weighted by molar-refractivity contribution is 5.46. The minimum Gasteiger partial charge on any atom is -0.389 e. The number of hydrogen-bond acceptors (Lipinski definition) is 7. The van der Waals surface area contributed by atoms with Crippen LogP contribution in [-0.2, 0) is 9.47 Å². The lowest BCUT2D eigenvalue weighted by molar-refractivity contribution is 0.0699. The van der Waals surface area contributed by atoms with E-state index < -0.39 is 0 Å². The molecule has 7 nitrogen and oxygen atoms in total. The molecule has 0 aromatic carbocycles. The van der Waals surface area contributed by atoms with Crippen molar-refractivity contribution >= 4 is 11.8 Å². The molecule has 3 aliphatic heterocycles. The topological polar surface area (TPSA) is 79.7 Å². The van der Waals surface area contributed by atoms with Gasteiger partial charge in [-0.3, -0.25) is 0 Å². The molecule has 1 aromatic heterocycles. The second-order valence-electron chi connectivity index (χ2n) is 7.03. The summed E-state index contributed by atoms with van der Waals surface area (Å²) in [6.45, 7) is 5.41. The molecule has 3 fully saturated rings. The standard InChI is InChI=1S/C17H26N4O3/c22-14-9-21(10-14)17-19-15(13-3-6-24-11-13)7-16(20-17)18-8-12-1-4-23-5-2-12/h7,12-14,22H,1-6,8-11H2,(H,18,19,20)/t13-/m0/s1. The number of hydrogen-bond donors (Lipinski definition) is 2. The maximum absolute atomic E-state index is 9.56. The van der Waals surface area contributed by atoms with Crippen molar-refractivity contribution < 1.29 is 14.6 Å². The molecule has 3 aliphatic rings. The van der Waals surface area contributed by atoms with Gasteiger partial charge in [-0.05, 0) is 25.2 Å². The lowest BCUT2D eigenvalue weighted by atomic mass is 10.0. The highest BCUT2D eigenvalue weighted by Gasteiger charge is 2.29. The quantitative estimate of drug-likeness (QED) is 0.831. The first kappa shape index (κ1) is 16.1. The summed E-state index contributed by atoms with van der Waals surface area (Å²) in [5.74, 6) is 2.59. The van der Waals surface area contributed by atoms with E-state index >= 15 is 0 Å². The number of rotatable bonds is 5. The fourth-order valence-electron chi connectivity index (χ4n) is 3.48. The van der Waals surface area contributed by atoms with Gasteiger partial charge in [-0.25, -0.2) is 4.98 Å². The largest absolute Gasteiger partial charge is 0.389 e. The Morgan fingerprint density at radius 2 is 1.92 bits per heavy atom. The number of anilines is 2. The van der Waals surface area contributed by atoms with Gasteiger partial charge in [-0.1, -0.05) is 0 Å². The lowest BCUT2D eigenvalue weighted by Gasteiger charge is -2.36. The van der Waals surface area contributed by atoms with E-state index in [2.05, 4.69) is 16.4 Å². The first-order valence-corrected chi connectivity index (χ1v) is 8.99. The number of nitrogens with zero attached hydrogens (tertiary/aromatic N) is 3. The molecule has 3 saturated heterocycles. The Bertz CT molecular complexity index is 553. The molecule has 7 heteroatoms. The molecule has 24 heavy (non-hydrogen) atoms. The van der Waals surface area contributed by atoms with E-state index in [4.69, 9.17) is 14.5 Å². The summed E-state index contributed by atoms with van der Waals surface area (Å²) in [6, 6.07) is 2.07. The van der Waals surface area contributed by atoms with Crippen LogP contribution in [0.4, 0.5) is 11.8 Å². The Labute approximate surface area is 142 Å². The average molecular weight is 334 g/mol. The zero-order valence-electron chi connectivity index (χ0n) is 14.0. The maximum Gasteiger partial charge on any atom is 0.227 e. The van der Waals surface area contributed by atoms with Gasteiger partial charge in [0.25, 0.3) is 0 Å². The second-order valence-corrected chi connectivity index (χ2v) is 7.03. The van der Waals surface area contributed by atoms with Gasteiger partial charge in [0.15, 0.2) is 0 Å². The second kappa shape index (κ2) is 7.21. The number of aliphatic hydroxyl groups excluding tert-OH is 1. The van der Waals surface area contributed by atoms with Crippen LogP contribution in [0.25, 0.3) is 0 Å². The van der Waals surface area contributed by atoms with Gasteiger partial charge in [0.1, 0.15) is 5.82 Å². The molecule has 2 N–H and O–H groups in total. The summed E-state index contributed by atoms with van der Waals surface area (Å²) < 4.78 is 10.9. The number of β-amino-alcohol motifs (C(OH)–C–C–N with tert-alkyl or cyclic N) is 1. The van der Waals surface area contributed by atoms with Crippen molar-refractivity contribution in [3.8, 4) is 0 Å². The van der Waals surface area contributed by atoms with Gasteiger partial charge in [-0.15, -0.1) is 0 Å². The zero-order valence-corrected chi connectivity index (χ0v) is 14.0. The van der Waals surface area contributed by atoms with Gasteiger partial charge < -0.3 is 24.8 Å². The maximum atomic E-state index is 9.56. The predicted octanol–water partition coefficient (Wildman–Crippen LogP) is 1.000. The minimum atomic E-state index is -0.259. The predicted molar refractivity (Wildman–Crippen MR) is 90.5 cm³/mol. The van der Waals surface area contributed by atoms with Gasteiger partial charge in [0.2, 0.25) is 5.95 Å². The summed E-state index contributed by atoms with van der Waals surface area (Å²) in [6.07, 6.45) is 2.96. The van der Waals surface area contributed by atoms with Gasteiger partial charge in [-0.2, -0.15) is 4.98 Å². The van der Waals surface area contributed by atoms with Crippen LogP contribution in [0.15, 0.2) is 6.07 Å². The molecular formula is C17H26N4O3. The molecule has 0 bridgehead atoms. The Morgan fingerprint density at radius 3 is 2.62 bits per heavy atom. The Balaban J connectivity index is 1.48. The molecule has 132 valence electrons. The van der Waals surface area contributed by atoms with Crippen LogP contribution >= 0.6 is 0 Å². The molecule has 0 unspecified atom stereocenters. The van der Waals surface area contributed by atoms with Crippen LogP contribution in [0.3, 0.4) is 0 Å². The number of aromatic nitrogens is 2. The van der Waals surface area contributed by atoms with E-state index in [1.807, 2.05) is 4.90 Å². The summed E-state index contributed by atoms with van der Waals surface area (Å²) in [7, 11) is 0.